The number of anilines is 4. The Balaban J connectivity index is 1.37. The second-order valence-corrected chi connectivity index (χ2v) is 11.5. The topological polar surface area (TPSA) is 111 Å². The second-order valence-electron chi connectivity index (χ2n) is 11.5. The third-order valence-electron chi connectivity index (χ3n) is 7.62. The van der Waals surface area contributed by atoms with Crippen LogP contribution in [0.4, 0.5) is 22.7 Å². The number of hydrogen-bond acceptors (Lipinski definition) is 8. The average Bonchev–Trinajstić information content (AvgIpc) is 3.05. The third kappa shape index (κ3) is 7.24. The maximum atomic E-state index is 13.9. The molecule has 46 heavy (non-hydrogen) atoms. The molecule has 0 aromatic heterocycles. The first-order valence-electron chi connectivity index (χ1n) is 15.2. The Hall–Kier alpha value is -5.50. The monoisotopic (exact) mass is 616 g/mol. The Morgan fingerprint density at radius 1 is 0.674 bits per heavy atom. The maximum Gasteiger partial charge on any atom is 0.333 e. The number of carbonyl (C=O) groups excluding carboxylic acids is 4. The van der Waals surface area contributed by atoms with Gasteiger partial charge >= 0.3 is 11.9 Å². The molecule has 0 saturated carbocycles. The Kier molecular flexibility index (Phi) is 9.76. The number of fused-ring (bicyclic) bond motifs is 2. The van der Waals surface area contributed by atoms with Crippen molar-refractivity contribution in [1.29, 1.82) is 0 Å². The van der Waals surface area contributed by atoms with Gasteiger partial charge in [-0.15, -0.1) is 0 Å². The van der Waals surface area contributed by atoms with Crippen molar-refractivity contribution >= 4 is 46.3 Å². The number of ether oxygens (including phenoxy) is 2. The Labute approximate surface area is 268 Å². The van der Waals surface area contributed by atoms with Gasteiger partial charge in [0.1, 0.15) is 0 Å². The minimum atomic E-state index is -0.417. The van der Waals surface area contributed by atoms with Crippen LogP contribution >= 0.6 is 0 Å². The van der Waals surface area contributed by atoms with E-state index in [1.165, 1.54) is 0 Å². The smallest absolute Gasteiger partial charge is 0.333 e. The molecule has 8 heteroatoms. The first kappa shape index (κ1) is 31.9. The number of carbonyl (C=O) groups is 4. The maximum absolute atomic E-state index is 13.9. The molecule has 4 aromatic rings. The highest BCUT2D eigenvalue weighted by Gasteiger charge is 2.34. The summed E-state index contributed by atoms with van der Waals surface area (Å²) in [5.41, 5.74) is 6.18. The number of benzene rings is 4. The van der Waals surface area contributed by atoms with Crippen LogP contribution in [0.15, 0.2) is 97.1 Å². The molecule has 0 amide bonds. The van der Waals surface area contributed by atoms with Crippen molar-refractivity contribution in [2.45, 2.75) is 33.6 Å². The van der Waals surface area contributed by atoms with Crippen LogP contribution in [0, 0.1) is 5.92 Å². The molecule has 0 atom stereocenters. The van der Waals surface area contributed by atoms with E-state index in [2.05, 4.69) is 17.2 Å². The Morgan fingerprint density at radius 3 is 1.52 bits per heavy atom. The van der Waals surface area contributed by atoms with Gasteiger partial charge in [-0.25, -0.2) is 4.79 Å². The lowest BCUT2D eigenvalue weighted by Gasteiger charge is -2.24. The van der Waals surface area contributed by atoms with E-state index in [1.54, 1.807) is 57.2 Å². The Bertz CT molecular complexity index is 1810. The molecule has 0 radical (unpaired) electrons. The minimum Gasteiger partial charge on any atom is -0.465 e. The van der Waals surface area contributed by atoms with Crippen LogP contribution in [0.3, 0.4) is 0 Å². The summed E-state index contributed by atoms with van der Waals surface area (Å²) in [6.07, 6.45) is 1.13. The van der Waals surface area contributed by atoms with Crippen LogP contribution in [0.2, 0.25) is 0 Å². The molecular weight excluding hydrogens is 580 g/mol. The highest BCUT2D eigenvalue weighted by Crippen LogP contribution is 2.38. The summed E-state index contributed by atoms with van der Waals surface area (Å²) in [6.45, 7) is 9.34. The van der Waals surface area contributed by atoms with Crippen molar-refractivity contribution in [1.82, 2.24) is 0 Å². The fraction of sp³-hybridized carbons (Fsp3) is 0.211. The van der Waals surface area contributed by atoms with Crippen LogP contribution in [0.1, 0.15) is 63.7 Å². The predicted octanol–water partition coefficient (Wildman–Crippen LogP) is 7.35. The molecule has 2 N–H and O–H groups in total. The van der Waals surface area contributed by atoms with E-state index in [0.717, 1.165) is 22.5 Å². The molecule has 0 spiro atoms. The van der Waals surface area contributed by atoms with Crippen molar-refractivity contribution in [3.63, 3.8) is 0 Å². The Morgan fingerprint density at radius 2 is 1.11 bits per heavy atom. The minimum absolute atomic E-state index is 0.169. The molecule has 4 aromatic carbocycles. The van der Waals surface area contributed by atoms with Gasteiger partial charge in [-0.1, -0.05) is 69.0 Å². The van der Waals surface area contributed by atoms with Crippen LogP contribution in [-0.2, 0) is 31.9 Å². The van der Waals surface area contributed by atoms with E-state index in [9.17, 15) is 19.2 Å². The molecule has 1 aliphatic carbocycles. The molecule has 0 aliphatic heterocycles. The summed E-state index contributed by atoms with van der Waals surface area (Å²) in [4.78, 5) is 51.1. The lowest BCUT2D eigenvalue weighted by Crippen LogP contribution is -2.23. The van der Waals surface area contributed by atoms with Gasteiger partial charge in [0.25, 0.3) is 0 Å². The van der Waals surface area contributed by atoms with Gasteiger partial charge in [0.05, 0.1) is 41.6 Å². The molecule has 5 rings (SSSR count). The molecule has 1 aliphatic rings. The molecule has 0 fully saturated rings. The third-order valence-corrected chi connectivity index (χ3v) is 7.62. The van der Waals surface area contributed by atoms with Crippen LogP contribution in [0.5, 0.6) is 0 Å². The van der Waals surface area contributed by atoms with Gasteiger partial charge in [-0.2, -0.15) is 0 Å². The van der Waals surface area contributed by atoms with Crippen molar-refractivity contribution in [2.75, 3.05) is 23.8 Å². The van der Waals surface area contributed by atoms with Crippen molar-refractivity contribution < 1.29 is 28.7 Å². The molecule has 0 unspecified atom stereocenters. The summed E-state index contributed by atoms with van der Waals surface area (Å²) in [5, 5.41) is 6.67. The highest BCUT2D eigenvalue weighted by atomic mass is 16.5. The largest absolute Gasteiger partial charge is 0.465 e. The van der Waals surface area contributed by atoms with Crippen LogP contribution in [0.25, 0.3) is 0 Å². The second kappa shape index (κ2) is 14.1. The fourth-order valence-electron chi connectivity index (χ4n) is 5.07. The normalized spacial score (nSPS) is 11.8. The van der Waals surface area contributed by atoms with Gasteiger partial charge < -0.3 is 20.1 Å². The first-order chi connectivity index (χ1) is 22.1. The average molecular weight is 617 g/mol. The zero-order valence-corrected chi connectivity index (χ0v) is 26.1. The first-order valence-corrected chi connectivity index (χ1v) is 15.2. The van der Waals surface area contributed by atoms with Gasteiger partial charge in [0.2, 0.25) is 0 Å². The fourth-order valence-corrected chi connectivity index (χ4v) is 5.07. The molecule has 0 bridgehead atoms. The van der Waals surface area contributed by atoms with Crippen molar-refractivity contribution in [2.24, 2.45) is 5.92 Å². The summed E-state index contributed by atoms with van der Waals surface area (Å²) >= 11 is 0. The molecule has 0 saturated heterocycles. The van der Waals surface area contributed by atoms with E-state index in [0.29, 0.717) is 58.7 Å². The van der Waals surface area contributed by atoms with Crippen molar-refractivity contribution in [3.8, 4) is 0 Å². The zero-order valence-electron chi connectivity index (χ0n) is 26.1. The number of esters is 2. The number of nitrogens with one attached hydrogen (secondary N) is 2. The van der Waals surface area contributed by atoms with E-state index in [1.807, 2.05) is 48.5 Å². The van der Waals surface area contributed by atoms with E-state index >= 15 is 0 Å². The van der Waals surface area contributed by atoms with Gasteiger partial charge in [-0.3, -0.25) is 14.4 Å². The molecule has 234 valence electrons. The van der Waals surface area contributed by atoms with Gasteiger partial charge in [-0.05, 0) is 54.4 Å². The van der Waals surface area contributed by atoms with E-state index < -0.39 is 5.97 Å². The molecule has 0 heterocycles. The lowest BCUT2D eigenvalue weighted by atomic mass is 9.82. The van der Waals surface area contributed by atoms with Gasteiger partial charge in [0, 0.05) is 40.9 Å². The number of hydrogen-bond donors (Lipinski definition) is 2. The predicted molar refractivity (Wildman–Crippen MR) is 178 cm³/mol. The zero-order chi connectivity index (χ0) is 32.8. The van der Waals surface area contributed by atoms with E-state index in [4.69, 9.17) is 9.47 Å². The summed E-state index contributed by atoms with van der Waals surface area (Å²) in [7, 11) is 0. The summed E-state index contributed by atoms with van der Waals surface area (Å²) < 4.78 is 10.5. The highest BCUT2D eigenvalue weighted by molar-refractivity contribution is 6.32. The van der Waals surface area contributed by atoms with Crippen LogP contribution < -0.4 is 10.6 Å². The number of ketones is 2. The summed E-state index contributed by atoms with van der Waals surface area (Å²) in [6, 6.07) is 25.7. The van der Waals surface area contributed by atoms with Crippen molar-refractivity contribution in [3.05, 3.63) is 130 Å². The standard InChI is InChI=1S/C38H36N2O6/c1-23(2)37(43)45-21-19-25-9-13-27(14-10-25)39-31-17-18-32(34-33(31)35(41)29-7-5-6-8-30(29)36(34)42)40-28-15-11-26(12-16-28)20-22-46-38(44)24(3)4/h5-18,24,39-40H,1,19-22H2,2-4H3. The lowest BCUT2D eigenvalue weighted by molar-refractivity contribution is -0.147. The van der Waals surface area contributed by atoms with Crippen LogP contribution in [-0.4, -0.2) is 36.7 Å². The summed E-state index contributed by atoms with van der Waals surface area (Å²) in [5.74, 6) is -1.28. The molecular formula is C38H36N2O6. The molecule has 8 nitrogen and oxygen atoms in total. The van der Waals surface area contributed by atoms with E-state index in [-0.39, 0.29) is 30.1 Å². The van der Waals surface area contributed by atoms with Gasteiger partial charge in [0.15, 0.2) is 11.6 Å². The number of rotatable bonds is 12. The SMILES string of the molecule is C=C(C)C(=O)OCCc1ccc(Nc2ccc(Nc3ccc(CCOC(=O)C(C)C)cc3)c3c2C(=O)c2ccccc2C3=O)cc1. The quantitative estimate of drug-likeness (QED) is 0.111.